The van der Waals surface area contributed by atoms with Crippen molar-refractivity contribution < 1.29 is 13.9 Å². The monoisotopic (exact) mass is 296 g/mol. The number of hydrogen-bond donors (Lipinski definition) is 1. The van der Waals surface area contributed by atoms with Crippen LogP contribution in [0.1, 0.15) is 49.6 Å². The minimum atomic E-state index is -0.181. The van der Waals surface area contributed by atoms with E-state index in [-0.39, 0.29) is 11.9 Å². The predicted octanol–water partition coefficient (Wildman–Crippen LogP) is 2.45. The lowest BCUT2D eigenvalue weighted by Crippen LogP contribution is -2.35. The predicted molar refractivity (Wildman–Crippen MR) is 83.5 cm³/mol. The molecule has 1 heterocycles. The topological polar surface area (TPSA) is 54.7 Å². The van der Waals surface area contributed by atoms with Crippen LogP contribution >= 0.6 is 0 Å². The van der Waals surface area contributed by atoms with Crippen LogP contribution in [0.25, 0.3) is 0 Å². The number of rotatable bonds is 9. The third-order valence-electron chi connectivity index (χ3n) is 3.52. The first kappa shape index (κ1) is 17.7. The SMILES string of the molecule is CCc1oc(C(=O)N[C@H](C)COC)cc1CN(CC)CC. The molecule has 0 aliphatic rings. The van der Waals surface area contributed by atoms with E-state index in [1.165, 1.54) is 0 Å². The number of carbonyl (C=O) groups excluding carboxylic acids is 1. The Balaban J connectivity index is 2.80. The van der Waals surface area contributed by atoms with Crippen LogP contribution < -0.4 is 5.32 Å². The lowest BCUT2D eigenvalue weighted by atomic mass is 10.2. The molecule has 0 aliphatic carbocycles. The van der Waals surface area contributed by atoms with Gasteiger partial charge in [-0.05, 0) is 26.1 Å². The minimum Gasteiger partial charge on any atom is -0.456 e. The molecule has 1 atom stereocenters. The summed E-state index contributed by atoms with van der Waals surface area (Å²) in [5.74, 6) is 1.10. The highest BCUT2D eigenvalue weighted by atomic mass is 16.5. The second kappa shape index (κ2) is 8.85. The van der Waals surface area contributed by atoms with Gasteiger partial charge in [0.15, 0.2) is 5.76 Å². The molecule has 0 fully saturated rings. The van der Waals surface area contributed by atoms with Crippen LogP contribution in [0.3, 0.4) is 0 Å². The van der Waals surface area contributed by atoms with Gasteiger partial charge in [-0.1, -0.05) is 20.8 Å². The lowest BCUT2D eigenvalue weighted by Gasteiger charge is -2.17. The fraction of sp³-hybridized carbons (Fsp3) is 0.688. The van der Waals surface area contributed by atoms with Crippen molar-refractivity contribution in [2.24, 2.45) is 0 Å². The Kier molecular flexibility index (Phi) is 7.47. The first-order valence-corrected chi connectivity index (χ1v) is 7.69. The van der Waals surface area contributed by atoms with E-state index in [9.17, 15) is 4.79 Å². The molecule has 5 heteroatoms. The van der Waals surface area contributed by atoms with E-state index in [2.05, 4.69) is 24.1 Å². The van der Waals surface area contributed by atoms with Crippen molar-refractivity contribution >= 4 is 5.91 Å². The van der Waals surface area contributed by atoms with Gasteiger partial charge < -0.3 is 14.5 Å². The lowest BCUT2D eigenvalue weighted by molar-refractivity contribution is 0.0876. The number of nitrogens with zero attached hydrogens (tertiary/aromatic N) is 1. The van der Waals surface area contributed by atoms with Crippen molar-refractivity contribution in [3.8, 4) is 0 Å². The average molecular weight is 296 g/mol. The smallest absolute Gasteiger partial charge is 0.287 e. The van der Waals surface area contributed by atoms with Gasteiger partial charge in [0, 0.05) is 31.7 Å². The van der Waals surface area contributed by atoms with E-state index in [1.807, 2.05) is 19.9 Å². The van der Waals surface area contributed by atoms with Gasteiger partial charge >= 0.3 is 0 Å². The zero-order valence-corrected chi connectivity index (χ0v) is 13.9. The van der Waals surface area contributed by atoms with E-state index >= 15 is 0 Å². The second-order valence-corrected chi connectivity index (χ2v) is 5.20. The summed E-state index contributed by atoms with van der Waals surface area (Å²) in [7, 11) is 1.62. The fourth-order valence-electron chi connectivity index (χ4n) is 2.29. The van der Waals surface area contributed by atoms with Crippen LogP contribution in [-0.4, -0.2) is 43.7 Å². The van der Waals surface area contributed by atoms with Gasteiger partial charge in [0.2, 0.25) is 0 Å². The Morgan fingerprint density at radius 3 is 2.57 bits per heavy atom. The van der Waals surface area contributed by atoms with E-state index in [4.69, 9.17) is 9.15 Å². The molecule has 0 radical (unpaired) electrons. The van der Waals surface area contributed by atoms with E-state index < -0.39 is 0 Å². The Bertz CT molecular complexity index is 439. The number of methoxy groups -OCH3 is 1. The molecule has 120 valence electrons. The highest BCUT2D eigenvalue weighted by Gasteiger charge is 2.18. The van der Waals surface area contributed by atoms with E-state index in [0.717, 1.165) is 37.4 Å². The van der Waals surface area contributed by atoms with Crippen LogP contribution in [0.15, 0.2) is 10.5 Å². The molecule has 1 aromatic heterocycles. The first-order valence-electron chi connectivity index (χ1n) is 7.69. The summed E-state index contributed by atoms with van der Waals surface area (Å²) >= 11 is 0. The fourth-order valence-corrected chi connectivity index (χ4v) is 2.29. The Morgan fingerprint density at radius 1 is 1.38 bits per heavy atom. The number of aryl methyl sites for hydroxylation is 1. The molecule has 0 aromatic carbocycles. The quantitative estimate of drug-likeness (QED) is 0.760. The molecule has 21 heavy (non-hydrogen) atoms. The molecule has 1 rings (SSSR count). The summed E-state index contributed by atoms with van der Waals surface area (Å²) in [6.45, 7) is 11.5. The number of ether oxygens (including phenoxy) is 1. The maximum Gasteiger partial charge on any atom is 0.287 e. The van der Waals surface area contributed by atoms with Crippen molar-refractivity contribution in [2.45, 2.75) is 46.7 Å². The summed E-state index contributed by atoms with van der Waals surface area (Å²) in [6, 6.07) is 1.83. The van der Waals surface area contributed by atoms with Crippen molar-refractivity contribution in [3.63, 3.8) is 0 Å². The number of carbonyl (C=O) groups is 1. The van der Waals surface area contributed by atoms with Gasteiger partial charge in [0.25, 0.3) is 5.91 Å². The molecular formula is C16H28N2O3. The van der Waals surface area contributed by atoms with Crippen LogP contribution in [0, 0.1) is 0 Å². The third kappa shape index (κ3) is 5.17. The van der Waals surface area contributed by atoms with Gasteiger partial charge in [-0.2, -0.15) is 0 Å². The van der Waals surface area contributed by atoms with Crippen molar-refractivity contribution in [1.29, 1.82) is 0 Å². The molecular weight excluding hydrogens is 268 g/mol. The maximum absolute atomic E-state index is 12.2. The van der Waals surface area contributed by atoms with Crippen molar-refractivity contribution in [3.05, 3.63) is 23.2 Å². The third-order valence-corrected chi connectivity index (χ3v) is 3.52. The average Bonchev–Trinajstić information content (AvgIpc) is 2.87. The van der Waals surface area contributed by atoms with Gasteiger partial charge in [-0.3, -0.25) is 9.69 Å². The van der Waals surface area contributed by atoms with Gasteiger partial charge in [0.05, 0.1) is 6.61 Å². The zero-order chi connectivity index (χ0) is 15.8. The van der Waals surface area contributed by atoms with Gasteiger partial charge in [-0.25, -0.2) is 0 Å². The molecule has 1 amide bonds. The van der Waals surface area contributed by atoms with Crippen LogP contribution in [0.5, 0.6) is 0 Å². The summed E-state index contributed by atoms with van der Waals surface area (Å²) in [5, 5.41) is 2.87. The molecule has 0 saturated heterocycles. The minimum absolute atomic E-state index is 0.0380. The van der Waals surface area contributed by atoms with Crippen molar-refractivity contribution in [2.75, 3.05) is 26.8 Å². The summed E-state index contributed by atoms with van der Waals surface area (Å²) in [6.07, 6.45) is 0.789. The van der Waals surface area contributed by atoms with Gasteiger partial charge in [0.1, 0.15) is 5.76 Å². The van der Waals surface area contributed by atoms with Crippen LogP contribution in [0.4, 0.5) is 0 Å². The number of hydrogen-bond acceptors (Lipinski definition) is 4. The number of nitrogens with one attached hydrogen (secondary N) is 1. The van der Waals surface area contributed by atoms with Crippen molar-refractivity contribution in [1.82, 2.24) is 10.2 Å². The zero-order valence-electron chi connectivity index (χ0n) is 13.9. The molecule has 1 N–H and O–H groups in total. The molecule has 0 spiro atoms. The highest BCUT2D eigenvalue weighted by molar-refractivity contribution is 5.92. The maximum atomic E-state index is 12.2. The summed E-state index contributed by atoms with van der Waals surface area (Å²) < 4.78 is 10.7. The molecule has 0 aliphatic heterocycles. The second-order valence-electron chi connectivity index (χ2n) is 5.20. The Morgan fingerprint density at radius 2 is 2.05 bits per heavy atom. The Labute approximate surface area is 127 Å². The molecule has 0 bridgehead atoms. The molecule has 5 nitrogen and oxygen atoms in total. The first-order chi connectivity index (χ1) is 10.0. The Hall–Kier alpha value is -1.33. The molecule has 1 aromatic rings. The van der Waals surface area contributed by atoms with Gasteiger partial charge in [-0.15, -0.1) is 0 Å². The normalized spacial score (nSPS) is 12.7. The van der Waals surface area contributed by atoms with E-state index in [0.29, 0.717) is 12.4 Å². The molecule has 0 saturated carbocycles. The molecule has 0 unspecified atom stereocenters. The summed E-state index contributed by atoms with van der Waals surface area (Å²) in [5.41, 5.74) is 1.10. The van der Waals surface area contributed by atoms with E-state index in [1.54, 1.807) is 7.11 Å². The summed E-state index contributed by atoms with van der Waals surface area (Å²) in [4.78, 5) is 14.5. The number of amides is 1. The standard InChI is InChI=1S/C16H28N2O3/c1-6-14-13(10-18(7-2)8-3)9-15(21-14)16(19)17-12(4)11-20-5/h9,12H,6-8,10-11H2,1-5H3,(H,17,19)/t12-/m1/s1. The highest BCUT2D eigenvalue weighted by Crippen LogP contribution is 2.18. The van der Waals surface area contributed by atoms with Crippen LogP contribution in [0.2, 0.25) is 0 Å². The van der Waals surface area contributed by atoms with Crippen LogP contribution in [-0.2, 0) is 17.7 Å². The largest absolute Gasteiger partial charge is 0.456 e. The number of furan rings is 1.